The molecule has 1 aromatic carbocycles. The van der Waals surface area contributed by atoms with Gasteiger partial charge in [0.25, 0.3) is 0 Å². The van der Waals surface area contributed by atoms with Crippen molar-refractivity contribution in [3.63, 3.8) is 0 Å². The Kier molecular flexibility index (Phi) is 4.97. The molecule has 0 aliphatic heterocycles. The quantitative estimate of drug-likeness (QED) is 0.642. The smallest absolute Gasteiger partial charge is 0.130 e. The third-order valence-corrected chi connectivity index (χ3v) is 4.11. The van der Waals surface area contributed by atoms with Gasteiger partial charge < -0.3 is 4.98 Å². The van der Waals surface area contributed by atoms with Crippen molar-refractivity contribution in [2.24, 2.45) is 0 Å². The van der Waals surface area contributed by atoms with Crippen LogP contribution in [0.2, 0.25) is 0 Å². The highest BCUT2D eigenvalue weighted by Crippen LogP contribution is 2.24. The van der Waals surface area contributed by atoms with Crippen LogP contribution in [0.4, 0.5) is 0 Å². The summed E-state index contributed by atoms with van der Waals surface area (Å²) in [5.41, 5.74) is 1.14. The molecule has 0 spiro atoms. The topological polar surface area (TPSA) is 28.7 Å². The Morgan fingerprint density at radius 2 is 2.22 bits per heavy atom. The Balaban J connectivity index is 2.10. The van der Waals surface area contributed by atoms with Crippen molar-refractivity contribution < 1.29 is 0 Å². The summed E-state index contributed by atoms with van der Waals surface area (Å²) in [7, 11) is 0. The number of H-pyrrole nitrogens is 1. The van der Waals surface area contributed by atoms with E-state index in [2.05, 4.69) is 45.0 Å². The van der Waals surface area contributed by atoms with Gasteiger partial charge in [-0.2, -0.15) is 0 Å². The molecule has 0 bridgehead atoms. The summed E-state index contributed by atoms with van der Waals surface area (Å²) in [6, 6.07) is 10.2. The molecular formula is C13H13BrN2S2. The van der Waals surface area contributed by atoms with Gasteiger partial charge in [-0.15, -0.1) is 11.8 Å². The minimum atomic E-state index is 0.662. The van der Waals surface area contributed by atoms with Gasteiger partial charge in [0.15, 0.2) is 0 Å². The fourth-order valence-corrected chi connectivity index (χ4v) is 3.16. The molecule has 2 rings (SSSR count). The number of thioether (sulfide) groups is 1. The average Bonchev–Trinajstić information content (AvgIpc) is 2.36. The molecule has 0 saturated heterocycles. The van der Waals surface area contributed by atoms with Gasteiger partial charge in [0.1, 0.15) is 10.5 Å². The molecule has 1 N–H and O–H groups in total. The van der Waals surface area contributed by atoms with Crippen LogP contribution in [-0.4, -0.2) is 9.97 Å². The maximum Gasteiger partial charge on any atom is 0.130 e. The fourth-order valence-electron chi connectivity index (χ4n) is 1.53. The summed E-state index contributed by atoms with van der Waals surface area (Å²) in [5.74, 6) is 1.73. The number of aryl methyl sites for hydroxylation is 1. The first-order valence-corrected chi connectivity index (χ1v) is 7.83. The summed E-state index contributed by atoms with van der Waals surface area (Å²) in [6.07, 6.45) is 0.945. The average molecular weight is 341 g/mol. The molecule has 0 saturated carbocycles. The molecule has 1 heterocycles. The second-order valence-corrected chi connectivity index (χ2v) is 6.17. The molecule has 5 heteroatoms. The number of nitrogens with one attached hydrogen (secondary N) is 1. The lowest BCUT2D eigenvalue weighted by atomic mass is 10.3. The SMILES string of the molecule is CCc1cc(=S)nc(CSc2cccc(Br)c2)[nH]1. The summed E-state index contributed by atoms with van der Waals surface area (Å²) < 4.78 is 1.76. The lowest BCUT2D eigenvalue weighted by Crippen LogP contribution is -1.97. The first-order valence-electron chi connectivity index (χ1n) is 5.65. The molecule has 18 heavy (non-hydrogen) atoms. The van der Waals surface area contributed by atoms with Crippen LogP contribution in [0.5, 0.6) is 0 Å². The Morgan fingerprint density at radius 1 is 1.39 bits per heavy atom. The number of nitrogens with zero attached hydrogens (tertiary/aromatic N) is 1. The summed E-state index contributed by atoms with van der Waals surface area (Å²) >= 11 is 10.4. The van der Waals surface area contributed by atoms with Crippen LogP contribution in [0.15, 0.2) is 39.7 Å². The van der Waals surface area contributed by atoms with Crippen molar-refractivity contribution in [1.29, 1.82) is 0 Å². The van der Waals surface area contributed by atoms with E-state index in [1.54, 1.807) is 11.8 Å². The second-order valence-electron chi connectivity index (χ2n) is 3.79. The Bertz CT molecular complexity index is 596. The van der Waals surface area contributed by atoms with Crippen LogP contribution in [-0.2, 0) is 12.2 Å². The summed E-state index contributed by atoms with van der Waals surface area (Å²) in [5, 5.41) is 0. The number of aromatic nitrogens is 2. The van der Waals surface area contributed by atoms with Gasteiger partial charge in [0.2, 0.25) is 0 Å². The molecule has 0 radical (unpaired) electrons. The lowest BCUT2D eigenvalue weighted by molar-refractivity contribution is 0.933. The lowest BCUT2D eigenvalue weighted by Gasteiger charge is -2.04. The highest BCUT2D eigenvalue weighted by atomic mass is 79.9. The summed E-state index contributed by atoms with van der Waals surface area (Å²) in [4.78, 5) is 8.87. The maximum absolute atomic E-state index is 5.16. The zero-order valence-electron chi connectivity index (χ0n) is 9.94. The van der Waals surface area contributed by atoms with E-state index in [0.29, 0.717) is 4.64 Å². The third kappa shape index (κ3) is 3.93. The van der Waals surface area contributed by atoms with E-state index in [0.717, 1.165) is 28.2 Å². The van der Waals surface area contributed by atoms with Crippen LogP contribution in [0.25, 0.3) is 0 Å². The minimum Gasteiger partial charge on any atom is -0.346 e. The van der Waals surface area contributed by atoms with E-state index < -0.39 is 0 Å². The summed E-state index contributed by atoms with van der Waals surface area (Å²) in [6.45, 7) is 2.10. The van der Waals surface area contributed by atoms with Gasteiger partial charge in [-0.3, -0.25) is 0 Å². The zero-order chi connectivity index (χ0) is 13.0. The third-order valence-electron chi connectivity index (χ3n) is 2.40. The molecule has 0 fully saturated rings. The van der Waals surface area contributed by atoms with Gasteiger partial charge >= 0.3 is 0 Å². The molecule has 0 atom stereocenters. The van der Waals surface area contributed by atoms with Gasteiger partial charge in [-0.1, -0.05) is 41.1 Å². The van der Waals surface area contributed by atoms with E-state index in [1.807, 2.05) is 18.2 Å². The van der Waals surface area contributed by atoms with Gasteiger partial charge in [0, 0.05) is 15.1 Å². The molecule has 94 valence electrons. The highest BCUT2D eigenvalue weighted by molar-refractivity contribution is 9.10. The van der Waals surface area contributed by atoms with Crippen molar-refractivity contribution in [1.82, 2.24) is 9.97 Å². The van der Waals surface area contributed by atoms with Crippen molar-refractivity contribution in [2.75, 3.05) is 0 Å². The second kappa shape index (κ2) is 6.50. The van der Waals surface area contributed by atoms with E-state index in [9.17, 15) is 0 Å². The monoisotopic (exact) mass is 340 g/mol. The molecule has 2 aromatic rings. The Hall–Kier alpha value is -0.650. The Morgan fingerprint density at radius 3 is 2.94 bits per heavy atom. The van der Waals surface area contributed by atoms with E-state index in [4.69, 9.17) is 12.2 Å². The van der Waals surface area contributed by atoms with Crippen molar-refractivity contribution in [3.8, 4) is 0 Å². The number of halogens is 1. The van der Waals surface area contributed by atoms with Crippen molar-refractivity contribution in [3.05, 3.63) is 51.0 Å². The zero-order valence-corrected chi connectivity index (χ0v) is 13.2. The van der Waals surface area contributed by atoms with Crippen LogP contribution in [0, 0.1) is 4.64 Å². The first-order chi connectivity index (χ1) is 8.67. The van der Waals surface area contributed by atoms with Crippen molar-refractivity contribution in [2.45, 2.75) is 24.0 Å². The molecular weight excluding hydrogens is 328 g/mol. The van der Waals surface area contributed by atoms with Gasteiger partial charge in [-0.25, -0.2) is 4.98 Å². The molecule has 0 aliphatic carbocycles. The van der Waals surface area contributed by atoms with E-state index in [1.165, 1.54) is 4.90 Å². The molecule has 2 nitrogen and oxygen atoms in total. The normalized spacial score (nSPS) is 10.6. The predicted molar refractivity (Wildman–Crippen MR) is 82.5 cm³/mol. The number of hydrogen-bond donors (Lipinski definition) is 1. The van der Waals surface area contributed by atoms with E-state index in [-0.39, 0.29) is 0 Å². The van der Waals surface area contributed by atoms with Crippen LogP contribution in [0.3, 0.4) is 0 Å². The van der Waals surface area contributed by atoms with Gasteiger partial charge in [-0.05, 0) is 30.7 Å². The van der Waals surface area contributed by atoms with Crippen LogP contribution < -0.4 is 0 Å². The first kappa shape index (κ1) is 13.8. The van der Waals surface area contributed by atoms with Crippen LogP contribution in [0.1, 0.15) is 18.4 Å². The van der Waals surface area contributed by atoms with Crippen molar-refractivity contribution >= 4 is 39.9 Å². The minimum absolute atomic E-state index is 0.662. The molecule has 1 aromatic heterocycles. The molecule has 0 amide bonds. The standard InChI is InChI=1S/C13H13BrN2S2/c1-2-10-7-13(17)16-12(15-10)8-18-11-5-3-4-9(14)6-11/h3-7H,2,8H2,1H3,(H,15,16,17). The molecule has 0 aliphatic rings. The number of aromatic amines is 1. The maximum atomic E-state index is 5.16. The fraction of sp³-hybridized carbons (Fsp3) is 0.231. The Labute approximate surface area is 124 Å². The largest absolute Gasteiger partial charge is 0.346 e. The number of benzene rings is 1. The number of rotatable bonds is 4. The van der Waals surface area contributed by atoms with Crippen LogP contribution >= 0.6 is 39.9 Å². The molecule has 0 unspecified atom stereocenters. The number of hydrogen-bond acceptors (Lipinski definition) is 3. The van der Waals surface area contributed by atoms with Gasteiger partial charge in [0.05, 0.1) is 5.75 Å². The predicted octanol–water partition coefficient (Wildman–Crippen LogP) is 4.76. The van der Waals surface area contributed by atoms with E-state index >= 15 is 0 Å². The highest BCUT2D eigenvalue weighted by Gasteiger charge is 2.00.